The summed E-state index contributed by atoms with van der Waals surface area (Å²) in [6, 6.07) is 18.3. The molecule has 1 aliphatic carbocycles. The fourth-order valence-corrected chi connectivity index (χ4v) is 5.41. The third kappa shape index (κ3) is 5.96. The number of hydrogen-bond donors (Lipinski definition) is 1. The number of carbonyl (C=O) groups excluding carboxylic acids is 1. The van der Waals surface area contributed by atoms with Gasteiger partial charge in [-0.15, -0.1) is 11.8 Å². The lowest BCUT2D eigenvalue weighted by Gasteiger charge is -2.21. The standard InChI is InChI=1S/C26H30ClN3OS/c1-32-24-12-11-21(18-23(24)27)22(17-20-9-5-6-10-20)26(31)28-25-14-16-30(29-25)15-13-19-7-3-2-4-8-19/h2-4,7-8,11-12,14,16,18,20,22H,5-6,9-10,13,15,17H2,1H3,(H,28,29,31). The molecule has 1 N–H and O–H groups in total. The minimum Gasteiger partial charge on any atom is -0.309 e. The first kappa shape index (κ1) is 22.9. The lowest BCUT2D eigenvalue weighted by atomic mass is 9.87. The summed E-state index contributed by atoms with van der Waals surface area (Å²) in [6.07, 6.45) is 10.6. The number of rotatable bonds is 9. The van der Waals surface area contributed by atoms with Gasteiger partial charge in [-0.2, -0.15) is 5.10 Å². The molecule has 1 aromatic heterocycles. The van der Waals surface area contributed by atoms with Crippen molar-refractivity contribution in [2.45, 2.75) is 55.9 Å². The third-order valence-corrected chi connectivity index (χ3v) is 7.52. The van der Waals surface area contributed by atoms with Crippen molar-refractivity contribution in [3.63, 3.8) is 0 Å². The van der Waals surface area contributed by atoms with Crippen LogP contribution < -0.4 is 5.32 Å². The summed E-state index contributed by atoms with van der Waals surface area (Å²) in [5, 5.41) is 8.35. The number of benzene rings is 2. The molecule has 0 saturated heterocycles. The number of aromatic nitrogens is 2. The minimum atomic E-state index is -0.221. The van der Waals surface area contributed by atoms with E-state index < -0.39 is 0 Å². The number of anilines is 1. The summed E-state index contributed by atoms with van der Waals surface area (Å²) in [5.41, 5.74) is 2.26. The molecule has 0 aliphatic heterocycles. The van der Waals surface area contributed by atoms with Crippen LogP contribution in [-0.2, 0) is 17.8 Å². The predicted molar refractivity (Wildman–Crippen MR) is 134 cm³/mol. The van der Waals surface area contributed by atoms with Crippen molar-refractivity contribution < 1.29 is 4.79 Å². The molecule has 0 radical (unpaired) electrons. The van der Waals surface area contributed by atoms with Gasteiger partial charge >= 0.3 is 0 Å². The van der Waals surface area contributed by atoms with E-state index in [-0.39, 0.29) is 11.8 Å². The third-order valence-electron chi connectivity index (χ3n) is 6.30. The zero-order chi connectivity index (χ0) is 22.3. The Morgan fingerprint density at radius 3 is 2.69 bits per heavy atom. The number of thioether (sulfide) groups is 1. The van der Waals surface area contributed by atoms with E-state index in [2.05, 4.69) is 28.6 Å². The van der Waals surface area contributed by atoms with Gasteiger partial charge in [0.15, 0.2) is 5.82 Å². The fourth-order valence-electron chi connectivity index (χ4n) is 4.53. The van der Waals surface area contributed by atoms with Gasteiger partial charge in [-0.1, -0.05) is 73.7 Å². The van der Waals surface area contributed by atoms with Crippen LogP contribution in [0.2, 0.25) is 5.02 Å². The molecule has 1 heterocycles. The predicted octanol–water partition coefficient (Wildman–Crippen LogP) is 6.80. The van der Waals surface area contributed by atoms with E-state index in [4.69, 9.17) is 11.6 Å². The largest absolute Gasteiger partial charge is 0.309 e. The molecule has 0 spiro atoms. The molecule has 1 aliphatic rings. The SMILES string of the molecule is CSc1ccc(C(CC2CCCC2)C(=O)Nc2ccn(CCc3ccccc3)n2)cc1Cl. The van der Waals surface area contributed by atoms with Gasteiger partial charge in [-0.25, -0.2) is 0 Å². The van der Waals surface area contributed by atoms with Crippen LogP contribution in [-0.4, -0.2) is 21.9 Å². The number of nitrogens with one attached hydrogen (secondary N) is 1. The van der Waals surface area contributed by atoms with Crippen LogP contribution in [0.1, 0.15) is 49.1 Å². The average Bonchev–Trinajstić information content (AvgIpc) is 3.49. The van der Waals surface area contributed by atoms with Crippen LogP contribution in [0.4, 0.5) is 5.82 Å². The van der Waals surface area contributed by atoms with Crippen LogP contribution in [0.15, 0.2) is 65.7 Å². The molecule has 0 bridgehead atoms. The second-order valence-corrected chi connectivity index (χ2v) is 9.78. The Bertz CT molecular complexity index is 1030. The molecule has 4 rings (SSSR count). The van der Waals surface area contributed by atoms with E-state index in [1.807, 2.05) is 53.5 Å². The number of aryl methyl sites for hydroxylation is 2. The second kappa shape index (κ2) is 11.1. The van der Waals surface area contributed by atoms with Crippen molar-refractivity contribution in [2.75, 3.05) is 11.6 Å². The van der Waals surface area contributed by atoms with Crippen molar-refractivity contribution in [3.05, 3.63) is 76.9 Å². The Morgan fingerprint density at radius 1 is 1.19 bits per heavy atom. The molecule has 1 amide bonds. The average molecular weight is 468 g/mol. The quantitative estimate of drug-likeness (QED) is 0.352. The zero-order valence-electron chi connectivity index (χ0n) is 18.5. The molecule has 3 aromatic rings. The van der Waals surface area contributed by atoms with E-state index in [0.717, 1.165) is 29.8 Å². The van der Waals surface area contributed by atoms with Crippen molar-refractivity contribution in [1.29, 1.82) is 0 Å². The van der Waals surface area contributed by atoms with Gasteiger partial charge in [-0.05, 0) is 48.3 Å². The highest BCUT2D eigenvalue weighted by Crippen LogP contribution is 2.37. The smallest absolute Gasteiger partial charge is 0.233 e. The maximum absolute atomic E-state index is 13.3. The summed E-state index contributed by atoms with van der Waals surface area (Å²) in [5.74, 6) is 0.971. The summed E-state index contributed by atoms with van der Waals surface area (Å²) in [6.45, 7) is 0.775. The lowest BCUT2D eigenvalue weighted by molar-refractivity contribution is -0.118. The normalized spacial score (nSPS) is 15.1. The fraction of sp³-hybridized carbons (Fsp3) is 0.385. The van der Waals surface area contributed by atoms with E-state index in [0.29, 0.717) is 16.8 Å². The summed E-state index contributed by atoms with van der Waals surface area (Å²) >= 11 is 8.10. The monoisotopic (exact) mass is 467 g/mol. The summed E-state index contributed by atoms with van der Waals surface area (Å²) in [4.78, 5) is 14.4. The van der Waals surface area contributed by atoms with Crippen molar-refractivity contribution >= 4 is 35.1 Å². The van der Waals surface area contributed by atoms with Crippen LogP contribution >= 0.6 is 23.4 Å². The first-order valence-electron chi connectivity index (χ1n) is 11.3. The Morgan fingerprint density at radius 2 is 1.97 bits per heavy atom. The molecule has 6 heteroatoms. The van der Waals surface area contributed by atoms with Crippen LogP contribution in [0.25, 0.3) is 0 Å². The highest BCUT2D eigenvalue weighted by Gasteiger charge is 2.27. The molecule has 1 unspecified atom stereocenters. The van der Waals surface area contributed by atoms with Crippen molar-refractivity contribution in [3.8, 4) is 0 Å². The zero-order valence-corrected chi connectivity index (χ0v) is 20.0. The van der Waals surface area contributed by atoms with E-state index >= 15 is 0 Å². The van der Waals surface area contributed by atoms with Gasteiger partial charge in [-0.3, -0.25) is 9.48 Å². The topological polar surface area (TPSA) is 46.9 Å². The number of carbonyl (C=O) groups is 1. The first-order chi connectivity index (χ1) is 15.6. The molecule has 1 atom stereocenters. The van der Waals surface area contributed by atoms with E-state index in [1.54, 1.807) is 11.8 Å². The molecule has 4 nitrogen and oxygen atoms in total. The Hall–Kier alpha value is -2.24. The van der Waals surface area contributed by atoms with Crippen LogP contribution in [0.3, 0.4) is 0 Å². The van der Waals surface area contributed by atoms with Gasteiger partial charge < -0.3 is 5.32 Å². The molecule has 168 valence electrons. The van der Waals surface area contributed by atoms with Crippen LogP contribution in [0, 0.1) is 5.92 Å². The maximum Gasteiger partial charge on any atom is 0.233 e. The molecule has 1 fully saturated rings. The number of nitrogens with zero attached hydrogens (tertiary/aromatic N) is 2. The van der Waals surface area contributed by atoms with Gasteiger partial charge in [0.25, 0.3) is 0 Å². The second-order valence-electron chi connectivity index (χ2n) is 8.52. The minimum absolute atomic E-state index is 0.00169. The van der Waals surface area contributed by atoms with E-state index in [9.17, 15) is 4.79 Å². The van der Waals surface area contributed by atoms with Gasteiger partial charge in [0, 0.05) is 23.7 Å². The molecule has 2 aromatic carbocycles. The highest BCUT2D eigenvalue weighted by atomic mass is 35.5. The van der Waals surface area contributed by atoms with Crippen molar-refractivity contribution in [2.24, 2.45) is 5.92 Å². The lowest BCUT2D eigenvalue weighted by Crippen LogP contribution is -2.23. The number of halogens is 1. The Balaban J connectivity index is 1.45. The molecule has 32 heavy (non-hydrogen) atoms. The molecular weight excluding hydrogens is 438 g/mol. The maximum atomic E-state index is 13.3. The summed E-state index contributed by atoms with van der Waals surface area (Å²) < 4.78 is 1.89. The van der Waals surface area contributed by atoms with Crippen molar-refractivity contribution in [1.82, 2.24) is 9.78 Å². The Labute approximate surface area is 199 Å². The highest BCUT2D eigenvalue weighted by molar-refractivity contribution is 7.98. The molecule has 1 saturated carbocycles. The first-order valence-corrected chi connectivity index (χ1v) is 12.9. The number of hydrogen-bond acceptors (Lipinski definition) is 3. The van der Waals surface area contributed by atoms with Gasteiger partial charge in [0.1, 0.15) is 0 Å². The van der Waals surface area contributed by atoms with Gasteiger partial charge in [0.05, 0.1) is 10.9 Å². The Kier molecular flexibility index (Phi) is 7.93. The molecular formula is C26H30ClN3OS. The van der Waals surface area contributed by atoms with Gasteiger partial charge in [0.2, 0.25) is 5.91 Å². The number of amides is 1. The van der Waals surface area contributed by atoms with Crippen LogP contribution in [0.5, 0.6) is 0 Å². The van der Waals surface area contributed by atoms with E-state index in [1.165, 1.54) is 31.2 Å². The summed E-state index contributed by atoms with van der Waals surface area (Å²) in [7, 11) is 0.